The van der Waals surface area contributed by atoms with E-state index in [1.54, 1.807) is 6.07 Å². The van der Waals surface area contributed by atoms with Crippen LogP contribution in [0.5, 0.6) is 0 Å². The number of hydrogen-bond acceptors (Lipinski definition) is 1. The third-order valence-electron chi connectivity index (χ3n) is 3.11. The van der Waals surface area contributed by atoms with Gasteiger partial charge in [0.1, 0.15) is 5.82 Å². The van der Waals surface area contributed by atoms with E-state index in [0.29, 0.717) is 0 Å². The van der Waals surface area contributed by atoms with Crippen molar-refractivity contribution >= 4 is 11.6 Å². The molecule has 0 amide bonds. The molecule has 0 saturated heterocycles. The second kappa shape index (κ2) is 4.11. The van der Waals surface area contributed by atoms with Crippen LogP contribution >= 0.6 is 11.6 Å². The highest BCUT2D eigenvalue weighted by atomic mass is 35.5. The van der Waals surface area contributed by atoms with Crippen molar-refractivity contribution in [2.45, 2.75) is 19.3 Å². The summed E-state index contributed by atoms with van der Waals surface area (Å²) in [6.45, 7) is 0.957. The molecule has 15 heavy (non-hydrogen) atoms. The van der Waals surface area contributed by atoms with E-state index >= 15 is 0 Å². The van der Waals surface area contributed by atoms with E-state index in [1.165, 1.54) is 12.8 Å². The van der Waals surface area contributed by atoms with Crippen molar-refractivity contribution in [1.29, 1.82) is 0 Å². The van der Waals surface area contributed by atoms with Gasteiger partial charge in [-0.3, -0.25) is 0 Å². The molecule has 1 saturated carbocycles. The van der Waals surface area contributed by atoms with Gasteiger partial charge in [0.15, 0.2) is 0 Å². The highest BCUT2D eigenvalue weighted by molar-refractivity contribution is 6.30. The third-order valence-corrected chi connectivity index (χ3v) is 3.40. The van der Waals surface area contributed by atoms with Crippen LogP contribution in [0.4, 0.5) is 4.39 Å². The Morgan fingerprint density at radius 1 is 1.47 bits per heavy atom. The van der Waals surface area contributed by atoms with Gasteiger partial charge >= 0.3 is 0 Å². The molecule has 1 fully saturated rings. The van der Waals surface area contributed by atoms with Crippen LogP contribution in [0.3, 0.4) is 0 Å². The van der Waals surface area contributed by atoms with E-state index in [2.05, 4.69) is 5.32 Å². The molecule has 0 radical (unpaired) electrons. The molecule has 0 aliphatic heterocycles. The summed E-state index contributed by atoms with van der Waals surface area (Å²) in [4.78, 5) is 0. The molecule has 0 spiro atoms. The van der Waals surface area contributed by atoms with E-state index in [1.807, 2.05) is 19.2 Å². The smallest absolute Gasteiger partial charge is 0.144 e. The molecule has 82 valence electrons. The fourth-order valence-electron chi connectivity index (χ4n) is 2.06. The normalized spacial score (nSPS) is 17.8. The molecule has 2 rings (SSSR count). The minimum absolute atomic E-state index is 0.229. The number of hydrogen-bond donors (Lipinski definition) is 1. The summed E-state index contributed by atoms with van der Waals surface area (Å²) >= 11 is 5.75. The fourth-order valence-corrected chi connectivity index (χ4v) is 2.25. The molecule has 3 heteroatoms. The largest absolute Gasteiger partial charge is 0.319 e. The molecule has 0 aromatic heterocycles. The number of nitrogens with one attached hydrogen (secondary N) is 1. The maximum absolute atomic E-state index is 13.6. The highest BCUT2D eigenvalue weighted by Crippen LogP contribution is 2.48. The molecule has 1 nitrogen and oxygen atoms in total. The average Bonchev–Trinajstić information content (AvgIpc) is 2.94. The average molecular weight is 228 g/mol. The van der Waals surface area contributed by atoms with Crippen LogP contribution in [-0.2, 0) is 6.42 Å². The summed E-state index contributed by atoms with van der Waals surface area (Å²) in [5.74, 6) is -0.249. The maximum Gasteiger partial charge on any atom is 0.144 e. The summed E-state index contributed by atoms with van der Waals surface area (Å²) in [5.41, 5.74) is 1.02. The van der Waals surface area contributed by atoms with Gasteiger partial charge < -0.3 is 5.32 Å². The van der Waals surface area contributed by atoms with Crippen molar-refractivity contribution in [3.05, 3.63) is 34.6 Å². The van der Waals surface area contributed by atoms with Gasteiger partial charge in [0.25, 0.3) is 0 Å². The Bertz CT molecular complexity index is 361. The first kappa shape index (κ1) is 10.9. The quantitative estimate of drug-likeness (QED) is 0.834. The minimum atomic E-state index is -0.249. The predicted octanol–water partition coefficient (Wildman–Crippen LogP) is 3.02. The first-order valence-corrected chi connectivity index (χ1v) is 5.62. The zero-order valence-electron chi connectivity index (χ0n) is 8.82. The molecule has 0 bridgehead atoms. The van der Waals surface area contributed by atoms with Crippen molar-refractivity contribution in [2.24, 2.45) is 5.41 Å². The molecule has 0 heterocycles. The van der Waals surface area contributed by atoms with Gasteiger partial charge in [0.05, 0.1) is 5.02 Å². The lowest BCUT2D eigenvalue weighted by Gasteiger charge is -2.15. The zero-order valence-corrected chi connectivity index (χ0v) is 9.57. The SMILES string of the molecule is CNCC1(Cc2cccc(Cl)c2F)CC1. The fraction of sp³-hybridized carbons (Fsp3) is 0.500. The van der Waals surface area contributed by atoms with Gasteiger partial charge in [-0.25, -0.2) is 4.39 Å². The Balaban J connectivity index is 2.14. The maximum atomic E-state index is 13.6. The molecular formula is C12H15ClFN. The van der Waals surface area contributed by atoms with Crippen LogP contribution in [-0.4, -0.2) is 13.6 Å². The third kappa shape index (κ3) is 2.32. The van der Waals surface area contributed by atoms with E-state index < -0.39 is 0 Å². The molecule has 1 N–H and O–H groups in total. The topological polar surface area (TPSA) is 12.0 Å². The number of rotatable bonds is 4. The Labute approximate surface area is 94.6 Å². The van der Waals surface area contributed by atoms with Gasteiger partial charge in [-0.15, -0.1) is 0 Å². The Kier molecular flexibility index (Phi) is 2.98. The highest BCUT2D eigenvalue weighted by Gasteiger charge is 2.42. The van der Waals surface area contributed by atoms with E-state index in [9.17, 15) is 4.39 Å². The lowest BCUT2D eigenvalue weighted by atomic mass is 9.96. The van der Waals surface area contributed by atoms with Gasteiger partial charge in [-0.2, -0.15) is 0 Å². The molecular weight excluding hydrogens is 213 g/mol. The molecule has 1 aliphatic carbocycles. The van der Waals surface area contributed by atoms with Gasteiger partial charge in [0.2, 0.25) is 0 Å². The molecule has 0 unspecified atom stereocenters. The van der Waals surface area contributed by atoms with Gasteiger partial charge in [0, 0.05) is 6.54 Å². The van der Waals surface area contributed by atoms with E-state index in [4.69, 9.17) is 11.6 Å². The second-order valence-corrected chi connectivity index (χ2v) is 4.83. The summed E-state index contributed by atoms with van der Waals surface area (Å²) in [7, 11) is 1.94. The molecule has 1 aromatic carbocycles. The summed E-state index contributed by atoms with van der Waals surface area (Å²) in [6.07, 6.45) is 3.15. The molecule has 1 aliphatic rings. The van der Waals surface area contributed by atoms with Gasteiger partial charge in [-0.05, 0) is 43.4 Å². The van der Waals surface area contributed by atoms with Gasteiger partial charge in [-0.1, -0.05) is 23.7 Å². The van der Waals surface area contributed by atoms with Crippen LogP contribution in [0.1, 0.15) is 18.4 Å². The number of halogens is 2. The van der Waals surface area contributed by atoms with Crippen molar-refractivity contribution in [3.63, 3.8) is 0 Å². The van der Waals surface area contributed by atoms with Crippen molar-refractivity contribution < 1.29 is 4.39 Å². The Hall–Kier alpha value is -0.600. The summed E-state index contributed by atoms with van der Waals surface area (Å²) in [5, 5.41) is 3.40. The first-order valence-electron chi connectivity index (χ1n) is 5.24. The number of benzene rings is 1. The van der Waals surface area contributed by atoms with Crippen LogP contribution in [0.25, 0.3) is 0 Å². The van der Waals surface area contributed by atoms with Crippen LogP contribution in [0.15, 0.2) is 18.2 Å². The minimum Gasteiger partial charge on any atom is -0.319 e. The monoisotopic (exact) mass is 227 g/mol. The van der Waals surface area contributed by atoms with E-state index in [-0.39, 0.29) is 16.3 Å². The lowest BCUT2D eigenvalue weighted by molar-refractivity contribution is 0.465. The second-order valence-electron chi connectivity index (χ2n) is 4.42. The standard InChI is InChI=1S/C12H15ClFN/c1-15-8-12(5-6-12)7-9-3-2-4-10(13)11(9)14/h2-4,15H,5-8H2,1H3. The summed E-state index contributed by atoms with van der Waals surface area (Å²) < 4.78 is 13.6. The molecule has 1 aromatic rings. The first-order chi connectivity index (χ1) is 7.17. The van der Waals surface area contributed by atoms with Crippen molar-refractivity contribution in [3.8, 4) is 0 Å². The Morgan fingerprint density at radius 2 is 2.20 bits per heavy atom. The predicted molar refractivity (Wildman–Crippen MR) is 60.7 cm³/mol. The van der Waals surface area contributed by atoms with Crippen LogP contribution < -0.4 is 5.32 Å². The van der Waals surface area contributed by atoms with Crippen LogP contribution in [0, 0.1) is 11.2 Å². The summed E-state index contributed by atoms with van der Waals surface area (Å²) in [6, 6.07) is 5.24. The van der Waals surface area contributed by atoms with Crippen molar-refractivity contribution in [1.82, 2.24) is 5.32 Å². The molecule has 0 atom stereocenters. The lowest BCUT2D eigenvalue weighted by Crippen LogP contribution is -2.22. The Morgan fingerprint density at radius 3 is 2.80 bits per heavy atom. The van der Waals surface area contributed by atoms with Crippen LogP contribution in [0.2, 0.25) is 5.02 Å². The zero-order chi connectivity index (χ0) is 10.9. The van der Waals surface area contributed by atoms with Crippen molar-refractivity contribution in [2.75, 3.05) is 13.6 Å². The van der Waals surface area contributed by atoms with E-state index in [0.717, 1.165) is 18.5 Å².